The lowest BCUT2D eigenvalue weighted by atomic mass is 10.2. The molecule has 0 unspecified atom stereocenters. The average molecular weight is 544 g/mol. The Labute approximate surface area is 226 Å². The fourth-order valence-corrected chi connectivity index (χ4v) is 5.01. The molecule has 0 bridgehead atoms. The molecule has 0 atom stereocenters. The number of para-hydroxylation sites is 2. The van der Waals surface area contributed by atoms with E-state index in [1.54, 1.807) is 91.0 Å². The molecule has 4 rings (SSSR count). The average Bonchev–Trinajstić information content (AvgIpc) is 2.97. The van der Waals surface area contributed by atoms with Gasteiger partial charge in [-0.2, -0.15) is 5.10 Å². The Morgan fingerprint density at radius 2 is 1.46 bits per heavy atom. The Morgan fingerprint density at radius 3 is 2.13 bits per heavy atom. The number of carbonyl (C=O) groups is 2. The highest BCUT2D eigenvalue weighted by Gasteiger charge is 2.29. The lowest BCUT2D eigenvalue weighted by Crippen LogP contribution is -2.39. The first-order valence-electron chi connectivity index (χ1n) is 11.8. The van der Waals surface area contributed by atoms with E-state index < -0.39 is 28.4 Å². The van der Waals surface area contributed by atoms with Crippen molar-refractivity contribution >= 4 is 33.8 Å². The first-order valence-corrected chi connectivity index (χ1v) is 13.2. The standard InChI is InChI=1S/C29H25N3O6S/c1-37-27-15-9-8-14-26(27)32(39(35,36)25-12-6-3-7-13-25)21-28(33)31-30-20-22-16-18-24(19-17-22)38-29(34)23-10-4-2-5-11-23/h2-20H,21H2,1H3,(H,31,33)/b30-20+. The molecule has 0 spiro atoms. The zero-order chi connectivity index (χ0) is 27.7. The van der Waals surface area contributed by atoms with Crippen LogP contribution in [-0.4, -0.2) is 40.2 Å². The lowest BCUT2D eigenvalue weighted by Gasteiger charge is -2.25. The fourth-order valence-electron chi connectivity index (χ4n) is 3.56. The van der Waals surface area contributed by atoms with Crippen LogP contribution in [0.4, 0.5) is 5.69 Å². The van der Waals surface area contributed by atoms with E-state index in [2.05, 4.69) is 10.5 Å². The number of benzene rings is 4. The molecule has 0 aromatic heterocycles. The van der Waals surface area contributed by atoms with Crippen LogP contribution in [0.15, 0.2) is 119 Å². The summed E-state index contributed by atoms with van der Waals surface area (Å²) in [6, 6.07) is 29.5. The lowest BCUT2D eigenvalue weighted by molar-refractivity contribution is -0.119. The van der Waals surface area contributed by atoms with Crippen LogP contribution in [0.25, 0.3) is 0 Å². The monoisotopic (exact) mass is 543 g/mol. The topological polar surface area (TPSA) is 114 Å². The van der Waals surface area contributed by atoms with Gasteiger partial charge in [0.25, 0.3) is 15.9 Å². The number of ether oxygens (including phenoxy) is 2. The third kappa shape index (κ3) is 6.88. The molecule has 1 N–H and O–H groups in total. The number of hydrazone groups is 1. The Bertz CT molecular complexity index is 1560. The van der Waals surface area contributed by atoms with Crippen molar-refractivity contribution in [3.63, 3.8) is 0 Å². The predicted molar refractivity (Wildman–Crippen MR) is 148 cm³/mol. The van der Waals surface area contributed by atoms with Crippen LogP contribution in [0.2, 0.25) is 0 Å². The second-order valence-electron chi connectivity index (χ2n) is 8.11. The quantitative estimate of drug-likeness (QED) is 0.138. The Morgan fingerprint density at radius 1 is 0.846 bits per heavy atom. The smallest absolute Gasteiger partial charge is 0.343 e. The number of methoxy groups -OCH3 is 1. The van der Waals surface area contributed by atoms with Crippen LogP contribution >= 0.6 is 0 Å². The molecule has 0 saturated carbocycles. The highest BCUT2D eigenvalue weighted by Crippen LogP contribution is 2.32. The number of sulfonamides is 1. The number of esters is 1. The Kier molecular flexibility index (Phi) is 8.70. The summed E-state index contributed by atoms with van der Waals surface area (Å²) in [6.45, 7) is -0.538. The molecule has 0 heterocycles. The number of amides is 1. The van der Waals surface area contributed by atoms with Gasteiger partial charge in [-0.25, -0.2) is 18.6 Å². The highest BCUT2D eigenvalue weighted by atomic mass is 32.2. The number of nitrogens with one attached hydrogen (secondary N) is 1. The molecule has 0 aliphatic heterocycles. The van der Waals surface area contributed by atoms with E-state index in [0.29, 0.717) is 22.6 Å². The number of rotatable bonds is 10. The van der Waals surface area contributed by atoms with E-state index in [1.807, 2.05) is 6.07 Å². The van der Waals surface area contributed by atoms with Crippen LogP contribution in [0.1, 0.15) is 15.9 Å². The molecule has 0 aliphatic carbocycles. The molecule has 198 valence electrons. The minimum atomic E-state index is -4.09. The number of nitrogens with zero attached hydrogens (tertiary/aromatic N) is 2. The SMILES string of the molecule is COc1ccccc1N(CC(=O)N/N=C/c1ccc(OC(=O)c2ccccc2)cc1)S(=O)(=O)c1ccccc1. The predicted octanol–water partition coefficient (Wildman–Crippen LogP) is 4.26. The third-order valence-corrected chi connectivity index (χ3v) is 7.25. The largest absolute Gasteiger partial charge is 0.495 e. The number of hydrogen-bond donors (Lipinski definition) is 1. The molecule has 0 aliphatic rings. The van der Waals surface area contributed by atoms with Crippen molar-refractivity contribution in [2.24, 2.45) is 5.10 Å². The minimum absolute atomic E-state index is 0.0280. The Hall–Kier alpha value is -4.96. The van der Waals surface area contributed by atoms with Gasteiger partial charge in [-0.15, -0.1) is 0 Å². The van der Waals surface area contributed by atoms with Crippen molar-refractivity contribution in [1.82, 2.24) is 5.43 Å². The minimum Gasteiger partial charge on any atom is -0.495 e. The van der Waals surface area contributed by atoms with Gasteiger partial charge in [0, 0.05) is 0 Å². The summed E-state index contributed by atoms with van der Waals surface area (Å²) in [5, 5.41) is 3.94. The molecule has 4 aromatic carbocycles. The summed E-state index contributed by atoms with van der Waals surface area (Å²) >= 11 is 0. The number of carbonyl (C=O) groups excluding carboxylic acids is 2. The third-order valence-electron chi connectivity index (χ3n) is 5.48. The number of hydrogen-bond acceptors (Lipinski definition) is 7. The summed E-state index contributed by atoms with van der Waals surface area (Å²) < 4.78 is 38.6. The maximum atomic E-state index is 13.4. The molecular weight excluding hydrogens is 518 g/mol. The van der Waals surface area contributed by atoms with E-state index in [0.717, 1.165) is 4.31 Å². The maximum Gasteiger partial charge on any atom is 0.343 e. The van der Waals surface area contributed by atoms with Crippen LogP contribution in [0.3, 0.4) is 0 Å². The van der Waals surface area contributed by atoms with Gasteiger partial charge in [-0.3, -0.25) is 9.10 Å². The summed E-state index contributed by atoms with van der Waals surface area (Å²) in [5.41, 5.74) is 3.62. The van der Waals surface area contributed by atoms with Crippen molar-refractivity contribution in [1.29, 1.82) is 0 Å². The van der Waals surface area contributed by atoms with Gasteiger partial charge < -0.3 is 9.47 Å². The van der Waals surface area contributed by atoms with E-state index >= 15 is 0 Å². The molecule has 4 aromatic rings. The van der Waals surface area contributed by atoms with Crippen molar-refractivity contribution < 1.29 is 27.5 Å². The van der Waals surface area contributed by atoms with Gasteiger partial charge in [-0.1, -0.05) is 48.5 Å². The van der Waals surface area contributed by atoms with E-state index in [1.165, 1.54) is 25.5 Å². The second kappa shape index (κ2) is 12.5. The molecule has 1 amide bonds. The van der Waals surface area contributed by atoms with Crippen LogP contribution in [0.5, 0.6) is 11.5 Å². The van der Waals surface area contributed by atoms with Crippen molar-refractivity contribution in [3.8, 4) is 11.5 Å². The maximum absolute atomic E-state index is 13.4. The van der Waals surface area contributed by atoms with Gasteiger partial charge in [0.2, 0.25) is 0 Å². The molecular formula is C29H25N3O6S. The van der Waals surface area contributed by atoms with Crippen LogP contribution in [-0.2, 0) is 14.8 Å². The summed E-state index contributed by atoms with van der Waals surface area (Å²) in [7, 11) is -2.67. The van der Waals surface area contributed by atoms with E-state index in [4.69, 9.17) is 9.47 Å². The molecule has 0 saturated heterocycles. The molecule has 0 fully saturated rings. The van der Waals surface area contributed by atoms with Crippen molar-refractivity contribution in [3.05, 3.63) is 120 Å². The van der Waals surface area contributed by atoms with E-state index in [-0.39, 0.29) is 10.6 Å². The normalized spacial score (nSPS) is 11.1. The molecule has 0 radical (unpaired) electrons. The summed E-state index contributed by atoms with van der Waals surface area (Å²) in [6.07, 6.45) is 1.39. The van der Waals surface area contributed by atoms with Crippen molar-refractivity contribution in [2.45, 2.75) is 4.90 Å². The number of anilines is 1. The second-order valence-corrected chi connectivity index (χ2v) is 9.98. The first kappa shape index (κ1) is 27.1. The van der Waals surface area contributed by atoms with Gasteiger partial charge in [0.15, 0.2) is 0 Å². The molecule has 39 heavy (non-hydrogen) atoms. The molecule has 10 heteroatoms. The van der Waals surface area contributed by atoms with E-state index in [9.17, 15) is 18.0 Å². The first-order chi connectivity index (χ1) is 18.9. The molecule has 9 nitrogen and oxygen atoms in total. The van der Waals surface area contributed by atoms with Gasteiger partial charge in [0.05, 0.1) is 29.5 Å². The highest BCUT2D eigenvalue weighted by molar-refractivity contribution is 7.92. The van der Waals surface area contributed by atoms with Crippen LogP contribution < -0.4 is 19.2 Å². The van der Waals surface area contributed by atoms with Gasteiger partial charge >= 0.3 is 5.97 Å². The zero-order valence-corrected chi connectivity index (χ0v) is 21.7. The zero-order valence-electron chi connectivity index (χ0n) is 20.9. The summed E-state index contributed by atoms with van der Waals surface area (Å²) in [4.78, 5) is 25.0. The Balaban J connectivity index is 1.44. The fraction of sp³-hybridized carbons (Fsp3) is 0.0690. The van der Waals surface area contributed by atoms with Gasteiger partial charge in [-0.05, 0) is 66.2 Å². The van der Waals surface area contributed by atoms with Crippen LogP contribution in [0, 0.1) is 0 Å². The summed E-state index contributed by atoms with van der Waals surface area (Å²) in [5.74, 6) is -0.496. The van der Waals surface area contributed by atoms with Gasteiger partial charge in [0.1, 0.15) is 18.0 Å². The van der Waals surface area contributed by atoms with Crippen molar-refractivity contribution in [2.75, 3.05) is 18.0 Å².